The van der Waals surface area contributed by atoms with Gasteiger partial charge < -0.3 is 5.11 Å². The smallest absolute Gasteiger partial charge is 0.308 e. The first-order valence-electron chi connectivity index (χ1n) is 4.53. The fourth-order valence-corrected chi connectivity index (χ4v) is 3.12. The topological polar surface area (TPSA) is 74.7 Å². The number of piperidine rings is 1. The van der Waals surface area contributed by atoms with Gasteiger partial charge in [0.1, 0.15) is 0 Å². The summed E-state index contributed by atoms with van der Waals surface area (Å²) < 4.78 is 23.9. The van der Waals surface area contributed by atoms with E-state index in [9.17, 15) is 13.2 Å². The van der Waals surface area contributed by atoms with E-state index in [1.807, 2.05) is 0 Å². The quantitative estimate of drug-likeness (QED) is 0.719. The molecule has 1 saturated heterocycles. The Labute approximate surface area is 83.8 Å². The Bertz CT molecular complexity index is 324. The van der Waals surface area contributed by atoms with Crippen molar-refractivity contribution < 1.29 is 18.3 Å². The molecule has 82 valence electrons. The summed E-state index contributed by atoms with van der Waals surface area (Å²) in [6.45, 7) is 2.09. The monoisotopic (exact) mass is 221 g/mol. The second-order valence-corrected chi connectivity index (χ2v) is 5.64. The van der Waals surface area contributed by atoms with Gasteiger partial charge in [0.2, 0.25) is 10.0 Å². The molecule has 0 bridgehead atoms. The van der Waals surface area contributed by atoms with Crippen molar-refractivity contribution in [2.24, 2.45) is 5.92 Å². The summed E-state index contributed by atoms with van der Waals surface area (Å²) in [5.74, 6) is -1.48. The first-order valence-corrected chi connectivity index (χ1v) is 6.38. The van der Waals surface area contributed by atoms with Gasteiger partial charge in [-0.3, -0.25) is 4.79 Å². The van der Waals surface area contributed by atoms with Crippen LogP contribution >= 0.6 is 0 Å². The minimum Gasteiger partial charge on any atom is -0.481 e. The lowest BCUT2D eigenvalue weighted by Gasteiger charge is -2.35. The highest BCUT2D eigenvalue weighted by Crippen LogP contribution is 2.25. The summed E-state index contributed by atoms with van der Waals surface area (Å²) in [6, 6.07) is -0.434. The van der Waals surface area contributed by atoms with E-state index in [1.165, 1.54) is 4.31 Å². The van der Waals surface area contributed by atoms with E-state index in [0.29, 0.717) is 19.4 Å². The molecule has 5 nitrogen and oxygen atoms in total. The molecule has 0 aliphatic carbocycles. The molecule has 0 unspecified atom stereocenters. The van der Waals surface area contributed by atoms with Crippen molar-refractivity contribution in [3.63, 3.8) is 0 Å². The molecule has 0 spiro atoms. The molecule has 0 aromatic rings. The molecule has 0 amide bonds. The minimum absolute atomic E-state index is 0.434. The van der Waals surface area contributed by atoms with Crippen LogP contribution in [0.15, 0.2) is 0 Å². The van der Waals surface area contributed by atoms with Crippen molar-refractivity contribution in [3.8, 4) is 0 Å². The maximum Gasteiger partial charge on any atom is 0.308 e. The standard InChI is InChI=1S/C8H15NO4S/c1-6-7(8(10)11)4-3-5-9(6)14(2,12)13/h6-7H,3-5H2,1-2H3,(H,10,11)/t6-,7-/m1/s1. The van der Waals surface area contributed by atoms with Gasteiger partial charge in [-0.25, -0.2) is 8.42 Å². The van der Waals surface area contributed by atoms with E-state index >= 15 is 0 Å². The van der Waals surface area contributed by atoms with Crippen LogP contribution in [0.25, 0.3) is 0 Å². The number of carboxylic acid groups (broad SMARTS) is 1. The molecular weight excluding hydrogens is 206 g/mol. The lowest BCUT2D eigenvalue weighted by atomic mass is 9.92. The number of aliphatic carboxylic acids is 1. The number of hydrogen-bond acceptors (Lipinski definition) is 3. The highest BCUT2D eigenvalue weighted by molar-refractivity contribution is 7.88. The van der Waals surface area contributed by atoms with Crippen LogP contribution in [0.5, 0.6) is 0 Å². The lowest BCUT2D eigenvalue weighted by Crippen LogP contribution is -2.48. The molecule has 1 aliphatic heterocycles. The SMILES string of the molecule is C[C@@H]1[C@H](C(=O)O)CCCN1S(C)(=O)=O. The predicted molar refractivity (Wildman–Crippen MR) is 51.4 cm³/mol. The second kappa shape index (κ2) is 3.86. The van der Waals surface area contributed by atoms with Crippen LogP contribution in [-0.2, 0) is 14.8 Å². The summed E-state index contributed by atoms with van der Waals surface area (Å²) in [5.41, 5.74) is 0. The summed E-state index contributed by atoms with van der Waals surface area (Å²) in [5, 5.41) is 8.87. The Balaban J connectivity index is 2.87. The molecule has 0 aromatic carbocycles. The Kier molecular flexibility index (Phi) is 3.16. The van der Waals surface area contributed by atoms with Gasteiger partial charge in [-0.2, -0.15) is 4.31 Å². The van der Waals surface area contributed by atoms with Crippen LogP contribution in [0, 0.1) is 5.92 Å². The van der Waals surface area contributed by atoms with Gasteiger partial charge in [0.25, 0.3) is 0 Å². The zero-order valence-corrected chi connectivity index (χ0v) is 9.12. The maximum absolute atomic E-state index is 11.3. The lowest BCUT2D eigenvalue weighted by molar-refractivity contribution is -0.144. The van der Waals surface area contributed by atoms with Crippen molar-refractivity contribution in [1.82, 2.24) is 4.31 Å². The molecule has 1 fully saturated rings. The Morgan fingerprint density at radius 3 is 2.50 bits per heavy atom. The van der Waals surface area contributed by atoms with E-state index in [2.05, 4.69) is 0 Å². The zero-order valence-electron chi connectivity index (χ0n) is 8.30. The van der Waals surface area contributed by atoms with E-state index in [1.54, 1.807) is 6.92 Å². The average molecular weight is 221 g/mol. The second-order valence-electron chi connectivity index (χ2n) is 3.70. The number of carbonyl (C=O) groups is 1. The number of nitrogens with zero attached hydrogens (tertiary/aromatic N) is 1. The highest BCUT2D eigenvalue weighted by Gasteiger charge is 2.36. The van der Waals surface area contributed by atoms with Crippen molar-refractivity contribution in [3.05, 3.63) is 0 Å². The van der Waals surface area contributed by atoms with Crippen LogP contribution in [-0.4, -0.2) is 42.6 Å². The van der Waals surface area contributed by atoms with Crippen LogP contribution < -0.4 is 0 Å². The van der Waals surface area contributed by atoms with Crippen molar-refractivity contribution in [2.45, 2.75) is 25.8 Å². The van der Waals surface area contributed by atoms with Crippen LogP contribution in [0.2, 0.25) is 0 Å². The molecule has 0 radical (unpaired) electrons. The van der Waals surface area contributed by atoms with E-state index in [-0.39, 0.29) is 0 Å². The molecule has 6 heteroatoms. The molecule has 1 N–H and O–H groups in total. The van der Waals surface area contributed by atoms with Crippen molar-refractivity contribution in [1.29, 1.82) is 0 Å². The van der Waals surface area contributed by atoms with Crippen molar-refractivity contribution in [2.75, 3.05) is 12.8 Å². The third kappa shape index (κ3) is 2.24. The van der Waals surface area contributed by atoms with E-state index < -0.39 is 28.0 Å². The fraction of sp³-hybridized carbons (Fsp3) is 0.875. The van der Waals surface area contributed by atoms with Gasteiger partial charge >= 0.3 is 5.97 Å². The van der Waals surface area contributed by atoms with Gasteiger partial charge in [-0.1, -0.05) is 0 Å². The van der Waals surface area contributed by atoms with Crippen LogP contribution in [0.3, 0.4) is 0 Å². The molecule has 14 heavy (non-hydrogen) atoms. The maximum atomic E-state index is 11.3. The predicted octanol–water partition coefficient (Wildman–Crippen LogP) is 0.131. The Hall–Kier alpha value is -0.620. The van der Waals surface area contributed by atoms with E-state index in [4.69, 9.17) is 5.11 Å². The first kappa shape index (κ1) is 11.5. The van der Waals surface area contributed by atoms with Gasteiger partial charge in [0.05, 0.1) is 12.2 Å². The van der Waals surface area contributed by atoms with Gasteiger partial charge in [-0.05, 0) is 19.8 Å². The van der Waals surface area contributed by atoms with Gasteiger partial charge in [0, 0.05) is 12.6 Å². The summed E-state index contributed by atoms with van der Waals surface area (Å²) in [7, 11) is -3.27. The average Bonchev–Trinajstić information content (AvgIpc) is 2.01. The Morgan fingerprint density at radius 2 is 2.07 bits per heavy atom. The third-order valence-corrected chi connectivity index (χ3v) is 4.04. The summed E-state index contributed by atoms with van der Waals surface area (Å²) in [4.78, 5) is 10.8. The van der Waals surface area contributed by atoms with Gasteiger partial charge in [0.15, 0.2) is 0 Å². The largest absolute Gasteiger partial charge is 0.481 e. The van der Waals surface area contributed by atoms with Crippen LogP contribution in [0.1, 0.15) is 19.8 Å². The molecular formula is C8H15NO4S. The fourth-order valence-electron chi connectivity index (χ4n) is 1.91. The molecule has 2 atom stereocenters. The summed E-state index contributed by atoms with van der Waals surface area (Å²) in [6.07, 6.45) is 2.30. The Morgan fingerprint density at radius 1 is 1.50 bits per heavy atom. The molecule has 1 aliphatic rings. The van der Waals surface area contributed by atoms with E-state index in [0.717, 1.165) is 6.26 Å². The summed E-state index contributed by atoms with van der Waals surface area (Å²) >= 11 is 0. The third-order valence-electron chi connectivity index (χ3n) is 2.67. The number of carboxylic acids is 1. The normalized spacial score (nSPS) is 30.1. The van der Waals surface area contributed by atoms with Gasteiger partial charge in [-0.15, -0.1) is 0 Å². The molecule has 1 rings (SSSR count). The molecule has 0 aromatic heterocycles. The highest BCUT2D eigenvalue weighted by atomic mass is 32.2. The first-order chi connectivity index (χ1) is 6.34. The number of hydrogen-bond donors (Lipinski definition) is 1. The number of rotatable bonds is 2. The van der Waals surface area contributed by atoms with Crippen molar-refractivity contribution >= 4 is 16.0 Å². The molecule has 1 heterocycles. The number of sulfonamides is 1. The molecule has 0 saturated carbocycles. The van der Waals surface area contributed by atoms with Crippen LogP contribution in [0.4, 0.5) is 0 Å². The zero-order chi connectivity index (χ0) is 10.9. The minimum atomic E-state index is -3.27.